The van der Waals surface area contributed by atoms with Crippen LogP contribution in [0.4, 0.5) is 0 Å². The van der Waals surface area contributed by atoms with Crippen LogP contribution in [0.5, 0.6) is 0 Å². The van der Waals surface area contributed by atoms with Crippen LogP contribution in [0.25, 0.3) is 0 Å². The van der Waals surface area contributed by atoms with Crippen molar-refractivity contribution < 1.29 is 13.2 Å². The molecule has 0 unspecified atom stereocenters. The van der Waals surface area contributed by atoms with Gasteiger partial charge >= 0.3 is 0 Å². The molecule has 0 saturated carbocycles. The summed E-state index contributed by atoms with van der Waals surface area (Å²) in [4.78, 5) is 11.8. The number of nitrogens with zero attached hydrogens (tertiary/aromatic N) is 1. The van der Waals surface area contributed by atoms with E-state index in [2.05, 4.69) is 17.0 Å². The van der Waals surface area contributed by atoms with Gasteiger partial charge in [-0.3, -0.25) is 4.79 Å². The topological polar surface area (TPSA) is 78.5 Å². The summed E-state index contributed by atoms with van der Waals surface area (Å²) < 4.78 is 28.9. The van der Waals surface area contributed by atoms with Gasteiger partial charge in [-0.05, 0) is 43.4 Å². The van der Waals surface area contributed by atoms with Crippen LogP contribution in [-0.4, -0.2) is 38.3 Å². The number of amides is 1. The standard InChI is InChI=1S/C16H25N3O3S/c1-3-17-16(20)15-8-4-7-14(10-15)11-18-23(21,22)19-9-5-6-13(2)12-19/h4,7-8,10,13,18H,3,5-6,9,11-12H2,1-2H3,(H,17,20)/t13-/m1/s1. The summed E-state index contributed by atoms with van der Waals surface area (Å²) in [7, 11) is -3.47. The van der Waals surface area contributed by atoms with Crippen molar-refractivity contribution in [3.8, 4) is 0 Å². The number of piperidine rings is 1. The maximum absolute atomic E-state index is 12.4. The van der Waals surface area contributed by atoms with Crippen molar-refractivity contribution in [1.82, 2.24) is 14.3 Å². The van der Waals surface area contributed by atoms with E-state index in [0.29, 0.717) is 31.1 Å². The SMILES string of the molecule is CCNC(=O)c1cccc(CNS(=O)(=O)N2CCC[C@@H](C)C2)c1. The number of carbonyl (C=O) groups excluding carboxylic acids is 1. The van der Waals surface area contributed by atoms with E-state index in [1.165, 1.54) is 4.31 Å². The maximum Gasteiger partial charge on any atom is 0.279 e. The molecule has 1 atom stereocenters. The van der Waals surface area contributed by atoms with Gasteiger partial charge in [0, 0.05) is 31.7 Å². The third kappa shape index (κ3) is 5.02. The van der Waals surface area contributed by atoms with E-state index in [1.54, 1.807) is 18.2 Å². The van der Waals surface area contributed by atoms with Gasteiger partial charge in [0.05, 0.1) is 0 Å². The summed E-state index contributed by atoms with van der Waals surface area (Å²) in [6, 6.07) is 7.00. The fraction of sp³-hybridized carbons (Fsp3) is 0.562. The third-order valence-electron chi connectivity index (χ3n) is 3.94. The van der Waals surface area contributed by atoms with Crippen molar-refractivity contribution in [3.63, 3.8) is 0 Å². The number of rotatable bonds is 6. The zero-order chi connectivity index (χ0) is 16.9. The lowest BCUT2D eigenvalue weighted by molar-refractivity contribution is 0.0955. The van der Waals surface area contributed by atoms with Gasteiger partial charge in [-0.25, -0.2) is 0 Å². The molecule has 128 valence electrons. The number of hydrogen-bond donors (Lipinski definition) is 2. The molecule has 1 heterocycles. The molecule has 0 radical (unpaired) electrons. The fourth-order valence-electron chi connectivity index (χ4n) is 2.72. The van der Waals surface area contributed by atoms with Gasteiger partial charge in [0.2, 0.25) is 0 Å². The van der Waals surface area contributed by atoms with E-state index < -0.39 is 10.2 Å². The normalized spacial score (nSPS) is 19.5. The largest absolute Gasteiger partial charge is 0.352 e. The summed E-state index contributed by atoms with van der Waals surface area (Å²) in [5, 5.41) is 2.73. The smallest absolute Gasteiger partial charge is 0.279 e. The Balaban J connectivity index is 1.99. The molecule has 2 rings (SSSR count). The van der Waals surface area contributed by atoms with E-state index in [9.17, 15) is 13.2 Å². The van der Waals surface area contributed by atoms with Gasteiger partial charge in [0.1, 0.15) is 0 Å². The highest BCUT2D eigenvalue weighted by Gasteiger charge is 2.26. The molecule has 1 aliphatic heterocycles. The van der Waals surface area contributed by atoms with Crippen molar-refractivity contribution in [2.45, 2.75) is 33.2 Å². The van der Waals surface area contributed by atoms with Crippen molar-refractivity contribution in [2.24, 2.45) is 5.92 Å². The first-order valence-corrected chi connectivity index (χ1v) is 9.48. The van der Waals surface area contributed by atoms with Gasteiger partial charge in [0.15, 0.2) is 0 Å². The second kappa shape index (κ2) is 7.90. The van der Waals surface area contributed by atoms with Crippen LogP contribution in [0.1, 0.15) is 42.6 Å². The van der Waals surface area contributed by atoms with E-state index in [4.69, 9.17) is 0 Å². The molecule has 1 aromatic carbocycles. The van der Waals surface area contributed by atoms with Crippen molar-refractivity contribution >= 4 is 16.1 Å². The molecule has 0 bridgehead atoms. The molecular formula is C16H25N3O3S. The molecule has 2 N–H and O–H groups in total. The number of nitrogens with one attached hydrogen (secondary N) is 2. The molecule has 0 spiro atoms. The minimum atomic E-state index is -3.47. The minimum absolute atomic E-state index is 0.151. The first-order valence-electron chi connectivity index (χ1n) is 8.04. The Hall–Kier alpha value is -1.44. The molecule has 1 saturated heterocycles. The highest BCUT2D eigenvalue weighted by atomic mass is 32.2. The Morgan fingerprint density at radius 1 is 1.39 bits per heavy atom. The second-order valence-corrected chi connectivity index (χ2v) is 7.75. The van der Waals surface area contributed by atoms with Crippen LogP contribution < -0.4 is 10.0 Å². The highest BCUT2D eigenvalue weighted by Crippen LogP contribution is 2.18. The second-order valence-electron chi connectivity index (χ2n) is 5.99. The summed E-state index contributed by atoms with van der Waals surface area (Å²) in [5.41, 5.74) is 1.30. The lowest BCUT2D eigenvalue weighted by Gasteiger charge is -2.30. The van der Waals surface area contributed by atoms with E-state index in [1.807, 2.05) is 13.0 Å². The summed E-state index contributed by atoms with van der Waals surface area (Å²) in [6.45, 7) is 5.79. The predicted octanol–water partition coefficient (Wildman–Crippen LogP) is 1.50. The highest BCUT2D eigenvalue weighted by molar-refractivity contribution is 7.87. The quantitative estimate of drug-likeness (QED) is 0.824. The first-order chi connectivity index (χ1) is 10.9. The molecule has 6 nitrogen and oxygen atoms in total. The summed E-state index contributed by atoms with van der Waals surface area (Å²) >= 11 is 0. The van der Waals surface area contributed by atoms with Gasteiger partial charge in [-0.15, -0.1) is 0 Å². The van der Waals surface area contributed by atoms with Crippen LogP contribution in [0.2, 0.25) is 0 Å². The minimum Gasteiger partial charge on any atom is -0.352 e. The Bertz CT molecular complexity index is 646. The number of hydrogen-bond acceptors (Lipinski definition) is 3. The van der Waals surface area contributed by atoms with Crippen molar-refractivity contribution in [3.05, 3.63) is 35.4 Å². The van der Waals surface area contributed by atoms with Crippen molar-refractivity contribution in [1.29, 1.82) is 0 Å². The third-order valence-corrected chi connectivity index (χ3v) is 5.47. The Kier molecular flexibility index (Phi) is 6.15. The average molecular weight is 339 g/mol. The van der Waals surface area contributed by atoms with E-state index >= 15 is 0 Å². The van der Waals surface area contributed by atoms with Gasteiger partial charge < -0.3 is 5.32 Å². The molecule has 1 amide bonds. The molecule has 1 aliphatic rings. The molecule has 0 aromatic heterocycles. The monoisotopic (exact) mass is 339 g/mol. The zero-order valence-electron chi connectivity index (χ0n) is 13.7. The molecular weight excluding hydrogens is 314 g/mol. The Labute approximate surface area is 138 Å². The predicted molar refractivity (Wildman–Crippen MR) is 90.2 cm³/mol. The number of carbonyl (C=O) groups is 1. The number of benzene rings is 1. The molecule has 23 heavy (non-hydrogen) atoms. The molecule has 1 fully saturated rings. The molecule has 1 aromatic rings. The van der Waals surface area contributed by atoms with E-state index in [0.717, 1.165) is 18.4 Å². The van der Waals surface area contributed by atoms with Crippen LogP contribution >= 0.6 is 0 Å². The average Bonchev–Trinajstić information content (AvgIpc) is 2.54. The summed E-state index contributed by atoms with van der Waals surface area (Å²) in [6.07, 6.45) is 1.97. The molecule has 0 aliphatic carbocycles. The van der Waals surface area contributed by atoms with Gasteiger partial charge in [-0.2, -0.15) is 17.4 Å². The van der Waals surface area contributed by atoms with Crippen molar-refractivity contribution in [2.75, 3.05) is 19.6 Å². The Morgan fingerprint density at radius 3 is 2.87 bits per heavy atom. The zero-order valence-corrected chi connectivity index (χ0v) is 14.5. The van der Waals surface area contributed by atoms with Crippen LogP contribution in [0.15, 0.2) is 24.3 Å². The lowest BCUT2D eigenvalue weighted by Crippen LogP contribution is -2.45. The lowest BCUT2D eigenvalue weighted by atomic mass is 10.0. The van der Waals surface area contributed by atoms with Crippen LogP contribution in [-0.2, 0) is 16.8 Å². The van der Waals surface area contributed by atoms with Gasteiger partial charge in [-0.1, -0.05) is 19.1 Å². The van der Waals surface area contributed by atoms with Crippen LogP contribution in [0, 0.1) is 5.92 Å². The van der Waals surface area contributed by atoms with E-state index in [-0.39, 0.29) is 12.5 Å². The Morgan fingerprint density at radius 2 is 2.17 bits per heavy atom. The summed E-state index contributed by atoms with van der Waals surface area (Å²) in [5.74, 6) is 0.239. The fourth-order valence-corrected chi connectivity index (χ4v) is 4.07. The first kappa shape index (κ1) is 17.9. The van der Waals surface area contributed by atoms with Crippen LogP contribution in [0.3, 0.4) is 0 Å². The maximum atomic E-state index is 12.4. The van der Waals surface area contributed by atoms with Gasteiger partial charge in [0.25, 0.3) is 16.1 Å². The molecule has 7 heteroatoms.